The number of halogens is 1. The number of hydrogen-bond donors (Lipinski definition) is 2. The van der Waals surface area contributed by atoms with Crippen LogP contribution >= 0.6 is 23.4 Å². The quantitative estimate of drug-likeness (QED) is 0.695. The van der Waals surface area contributed by atoms with Gasteiger partial charge in [-0.3, -0.25) is 5.10 Å². The monoisotopic (exact) mass is 331 g/mol. The summed E-state index contributed by atoms with van der Waals surface area (Å²) in [5.74, 6) is 1.19. The highest BCUT2D eigenvalue weighted by Gasteiger charge is 2.11. The Hall–Kier alpha value is -1.82. The Morgan fingerprint density at radius 3 is 2.55 bits per heavy atom. The van der Waals surface area contributed by atoms with Crippen LogP contribution in [0.25, 0.3) is 11.4 Å². The van der Waals surface area contributed by atoms with E-state index >= 15 is 0 Å². The minimum Gasteiger partial charge on any atom is -0.388 e. The molecule has 0 saturated heterocycles. The molecule has 3 rings (SSSR count). The van der Waals surface area contributed by atoms with Gasteiger partial charge in [-0.05, 0) is 29.8 Å². The maximum atomic E-state index is 10.1. The van der Waals surface area contributed by atoms with Crippen LogP contribution in [0.1, 0.15) is 11.7 Å². The number of rotatable bonds is 5. The van der Waals surface area contributed by atoms with Crippen LogP contribution < -0.4 is 0 Å². The molecule has 1 aromatic heterocycles. The van der Waals surface area contributed by atoms with Gasteiger partial charge in [0.25, 0.3) is 0 Å². The molecular formula is C16H14ClN3OS. The van der Waals surface area contributed by atoms with E-state index in [1.165, 1.54) is 11.8 Å². The van der Waals surface area contributed by atoms with Crippen molar-refractivity contribution in [2.75, 3.05) is 5.75 Å². The third kappa shape index (κ3) is 3.68. The van der Waals surface area contributed by atoms with Crippen LogP contribution in [0.2, 0.25) is 5.02 Å². The van der Waals surface area contributed by atoms with E-state index in [0.717, 1.165) is 11.1 Å². The van der Waals surface area contributed by atoms with E-state index in [9.17, 15) is 5.11 Å². The largest absolute Gasteiger partial charge is 0.388 e. The second kappa shape index (κ2) is 6.96. The van der Waals surface area contributed by atoms with Crippen LogP contribution in [0.3, 0.4) is 0 Å². The van der Waals surface area contributed by atoms with Crippen molar-refractivity contribution in [3.63, 3.8) is 0 Å². The smallest absolute Gasteiger partial charge is 0.208 e. The zero-order valence-electron chi connectivity index (χ0n) is 11.6. The molecule has 0 aliphatic carbocycles. The van der Waals surface area contributed by atoms with Gasteiger partial charge in [0.15, 0.2) is 5.82 Å². The number of hydrogen-bond acceptors (Lipinski definition) is 4. The Labute approximate surface area is 137 Å². The number of thioether (sulfide) groups is 1. The van der Waals surface area contributed by atoms with Crippen LogP contribution in [0.5, 0.6) is 0 Å². The van der Waals surface area contributed by atoms with Crippen molar-refractivity contribution in [2.24, 2.45) is 0 Å². The molecule has 1 heterocycles. The van der Waals surface area contributed by atoms with Crippen molar-refractivity contribution in [3.8, 4) is 11.4 Å². The average Bonchev–Trinajstić information content (AvgIpc) is 3.03. The van der Waals surface area contributed by atoms with Crippen molar-refractivity contribution in [2.45, 2.75) is 11.3 Å². The first-order valence-corrected chi connectivity index (χ1v) is 8.13. The van der Waals surface area contributed by atoms with E-state index < -0.39 is 6.10 Å². The number of H-pyrrole nitrogens is 1. The molecule has 0 saturated carbocycles. The summed E-state index contributed by atoms with van der Waals surface area (Å²) in [7, 11) is 0. The Balaban J connectivity index is 1.63. The van der Waals surface area contributed by atoms with Crippen molar-refractivity contribution < 1.29 is 5.11 Å². The molecule has 0 aliphatic heterocycles. The van der Waals surface area contributed by atoms with E-state index in [1.54, 1.807) is 0 Å². The molecule has 1 unspecified atom stereocenters. The lowest BCUT2D eigenvalue weighted by molar-refractivity contribution is 0.204. The van der Waals surface area contributed by atoms with Crippen LogP contribution in [-0.2, 0) is 0 Å². The molecule has 22 heavy (non-hydrogen) atoms. The van der Waals surface area contributed by atoms with Crippen LogP contribution in [0.4, 0.5) is 0 Å². The molecule has 0 radical (unpaired) electrons. The van der Waals surface area contributed by atoms with Gasteiger partial charge in [0.05, 0.1) is 6.10 Å². The first-order chi connectivity index (χ1) is 10.7. The molecule has 0 fully saturated rings. The summed E-state index contributed by atoms with van der Waals surface area (Å²) in [4.78, 5) is 4.42. The number of nitrogens with one attached hydrogen (secondary N) is 1. The van der Waals surface area contributed by atoms with Gasteiger partial charge in [0.2, 0.25) is 5.16 Å². The molecule has 6 heteroatoms. The summed E-state index contributed by atoms with van der Waals surface area (Å²) >= 11 is 7.28. The van der Waals surface area contributed by atoms with Gasteiger partial charge in [-0.25, -0.2) is 4.98 Å². The summed E-state index contributed by atoms with van der Waals surface area (Å²) in [5, 5.41) is 18.5. The van der Waals surface area contributed by atoms with E-state index in [2.05, 4.69) is 15.2 Å². The van der Waals surface area contributed by atoms with Crippen LogP contribution in [0.15, 0.2) is 59.8 Å². The second-order valence-corrected chi connectivity index (χ2v) is 6.13. The fourth-order valence-electron chi connectivity index (χ4n) is 1.97. The van der Waals surface area contributed by atoms with Crippen molar-refractivity contribution in [3.05, 3.63) is 65.2 Å². The standard InChI is InChI=1S/C16H14ClN3OS/c17-13-8-6-12(7-9-13)15-18-16(20-19-15)22-10-14(21)11-4-2-1-3-5-11/h1-9,14,21H,10H2,(H,18,19,20). The Bertz CT molecular complexity index is 731. The van der Waals surface area contributed by atoms with E-state index in [4.69, 9.17) is 11.6 Å². The van der Waals surface area contributed by atoms with Gasteiger partial charge < -0.3 is 5.11 Å². The second-order valence-electron chi connectivity index (χ2n) is 4.71. The van der Waals surface area contributed by atoms with Gasteiger partial charge in [-0.15, -0.1) is 5.10 Å². The zero-order valence-corrected chi connectivity index (χ0v) is 13.2. The molecule has 4 nitrogen and oxygen atoms in total. The fraction of sp³-hybridized carbons (Fsp3) is 0.125. The summed E-state index contributed by atoms with van der Waals surface area (Å²) < 4.78 is 0. The van der Waals surface area contributed by atoms with Crippen molar-refractivity contribution in [1.29, 1.82) is 0 Å². The van der Waals surface area contributed by atoms with Gasteiger partial charge >= 0.3 is 0 Å². The number of aromatic amines is 1. The van der Waals surface area contributed by atoms with E-state index in [1.807, 2.05) is 54.6 Å². The van der Waals surface area contributed by atoms with Gasteiger partial charge in [0.1, 0.15) is 0 Å². The fourth-order valence-corrected chi connectivity index (χ4v) is 2.86. The normalized spacial score (nSPS) is 12.3. The number of aliphatic hydroxyl groups is 1. The molecule has 2 N–H and O–H groups in total. The number of aromatic nitrogens is 3. The summed E-state index contributed by atoms with van der Waals surface area (Å²) in [6.45, 7) is 0. The minimum atomic E-state index is -0.538. The molecule has 0 spiro atoms. The first kappa shape index (κ1) is 15.1. The van der Waals surface area contributed by atoms with Crippen LogP contribution in [-0.4, -0.2) is 26.0 Å². The Kier molecular flexibility index (Phi) is 4.77. The minimum absolute atomic E-state index is 0.502. The predicted molar refractivity (Wildman–Crippen MR) is 89.0 cm³/mol. The number of aliphatic hydroxyl groups excluding tert-OH is 1. The predicted octanol–water partition coefficient (Wildman–Crippen LogP) is 3.95. The third-order valence-electron chi connectivity index (χ3n) is 3.14. The summed E-state index contributed by atoms with van der Waals surface area (Å²) in [6, 6.07) is 17.0. The third-order valence-corrected chi connectivity index (χ3v) is 4.31. The molecule has 3 aromatic rings. The summed E-state index contributed by atoms with van der Waals surface area (Å²) in [6.07, 6.45) is -0.538. The number of benzene rings is 2. The molecule has 112 valence electrons. The molecule has 1 atom stereocenters. The average molecular weight is 332 g/mol. The van der Waals surface area contributed by atoms with E-state index in [0.29, 0.717) is 21.8 Å². The lowest BCUT2D eigenvalue weighted by Crippen LogP contribution is -2.00. The summed E-state index contributed by atoms with van der Waals surface area (Å²) in [5.41, 5.74) is 1.82. The highest BCUT2D eigenvalue weighted by Crippen LogP contribution is 2.24. The molecule has 0 amide bonds. The van der Waals surface area contributed by atoms with Crippen molar-refractivity contribution >= 4 is 23.4 Å². The highest BCUT2D eigenvalue weighted by atomic mass is 35.5. The maximum Gasteiger partial charge on any atom is 0.208 e. The molecule has 0 aliphatic rings. The SMILES string of the molecule is OC(CSc1n[nH]c(-c2ccc(Cl)cc2)n1)c1ccccc1. The van der Waals surface area contributed by atoms with E-state index in [-0.39, 0.29) is 0 Å². The first-order valence-electron chi connectivity index (χ1n) is 6.76. The topological polar surface area (TPSA) is 61.8 Å². The van der Waals surface area contributed by atoms with Crippen molar-refractivity contribution in [1.82, 2.24) is 15.2 Å². The van der Waals surface area contributed by atoms with Gasteiger partial charge in [0, 0.05) is 16.3 Å². The molecule has 0 bridgehead atoms. The van der Waals surface area contributed by atoms with Gasteiger partial charge in [-0.1, -0.05) is 53.7 Å². The zero-order chi connectivity index (χ0) is 15.4. The maximum absolute atomic E-state index is 10.1. The molecular weight excluding hydrogens is 318 g/mol. The molecule has 2 aromatic carbocycles. The Morgan fingerprint density at radius 1 is 1.09 bits per heavy atom. The lowest BCUT2D eigenvalue weighted by Gasteiger charge is -2.08. The highest BCUT2D eigenvalue weighted by molar-refractivity contribution is 7.99. The lowest BCUT2D eigenvalue weighted by atomic mass is 10.1. The Morgan fingerprint density at radius 2 is 1.82 bits per heavy atom. The number of nitrogens with zero attached hydrogens (tertiary/aromatic N) is 2. The van der Waals surface area contributed by atoms with Crippen LogP contribution in [0, 0.1) is 0 Å². The van der Waals surface area contributed by atoms with Gasteiger partial charge in [-0.2, -0.15) is 0 Å².